The Balaban J connectivity index is 2.08. The lowest BCUT2D eigenvalue weighted by molar-refractivity contribution is -0.119. The smallest absolute Gasteiger partial charge is 0.387 e. The molecule has 0 heterocycles. The van der Waals surface area contributed by atoms with E-state index in [2.05, 4.69) is 15.4 Å². The number of anilines is 1. The van der Waals surface area contributed by atoms with E-state index in [1.807, 2.05) is 0 Å². The fourth-order valence-electron chi connectivity index (χ4n) is 2.19. The molecule has 6 nitrogen and oxygen atoms in total. The molecule has 2 rings (SSSR count). The number of benzene rings is 2. The van der Waals surface area contributed by atoms with Crippen LogP contribution in [0.4, 0.5) is 14.5 Å². The highest BCUT2D eigenvalue weighted by molar-refractivity contribution is 6.04. The summed E-state index contributed by atoms with van der Waals surface area (Å²) in [7, 11) is 2.85. The van der Waals surface area contributed by atoms with Gasteiger partial charge in [-0.15, -0.1) is 0 Å². The van der Waals surface area contributed by atoms with E-state index < -0.39 is 12.5 Å². The Morgan fingerprint density at radius 2 is 1.77 bits per heavy atom. The molecular formula is C18H18F2N2O4. The third-order valence-corrected chi connectivity index (χ3v) is 3.50. The molecule has 2 amide bonds. The van der Waals surface area contributed by atoms with Gasteiger partial charge < -0.3 is 20.1 Å². The number of methoxy groups -OCH3 is 1. The van der Waals surface area contributed by atoms with Crippen molar-refractivity contribution in [1.82, 2.24) is 5.32 Å². The number of halogens is 2. The summed E-state index contributed by atoms with van der Waals surface area (Å²) in [4.78, 5) is 23.6. The van der Waals surface area contributed by atoms with Crippen LogP contribution in [0.15, 0.2) is 42.5 Å². The van der Waals surface area contributed by atoms with E-state index in [0.29, 0.717) is 5.69 Å². The summed E-state index contributed by atoms with van der Waals surface area (Å²) in [6, 6.07) is 10.7. The molecule has 0 saturated heterocycles. The van der Waals surface area contributed by atoms with Crippen LogP contribution in [0.25, 0.3) is 0 Å². The van der Waals surface area contributed by atoms with Gasteiger partial charge in [0, 0.05) is 18.3 Å². The number of carbonyl (C=O) groups excluding carboxylic acids is 2. The quantitative estimate of drug-likeness (QED) is 0.792. The number of ether oxygens (including phenoxy) is 2. The topological polar surface area (TPSA) is 76.7 Å². The summed E-state index contributed by atoms with van der Waals surface area (Å²) in [5.74, 6) is -0.678. The van der Waals surface area contributed by atoms with Crippen molar-refractivity contribution in [2.45, 2.75) is 13.0 Å². The van der Waals surface area contributed by atoms with Crippen molar-refractivity contribution in [2.24, 2.45) is 0 Å². The Morgan fingerprint density at radius 3 is 2.35 bits per heavy atom. The number of carbonyl (C=O) groups is 2. The number of alkyl halides is 2. The fraction of sp³-hybridized carbons (Fsp3) is 0.222. The summed E-state index contributed by atoms with van der Waals surface area (Å²) < 4.78 is 34.0. The molecule has 0 aromatic heterocycles. The molecule has 0 spiro atoms. The van der Waals surface area contributed by atoms with Crippen molar-refractivity contribution in [1.29, 1.82) is 0 Å². The van der Waals surface area contributed by atoms with E-state index in [1.165, 1.54) is 25.3 Å². The molecule has 26 heavy (non-hydrogen) atoms. The van der Waals surface area contributed by atoms with Crippen molar-refractivity contribution >= 4 is 17.5 Å². The molecule has 0 fully saturated rings. The Bertz CT molecular complexity index is 779. The van der Waals surface area contributed by atoms with Crippen LogP contribution in [0, 0.1) is 0 Å². The largest absolute Gasteiger partial charge is 0.493 e. The summed E-state index contributed by atoms with van der Waals surface area (Å²) in [5, 5.41) is 5.21. The van der Waals surface area contributed by atoms with Gasteiger partial charge in [0.25, 0.3) is 5.91 Å². The lowest BCUT2D eigenvalue weighted by Crippen LogP contribution is -2.19. The second-order valence-corrected chi connectivity index (χ2v) is 5.25. The highest BCUT2D eigenvalue weighted by Crippen LogP contribution is 2.29. The first kappa shape index (κ1) is 19.2. The van der Waals surface area contributed by atoms with Gasteiger partial charge in [-0.1, -0.05) is 12.1 Å². The van der Waals surface area contributed by atoms with Gasteiger partial charge in [0.15, 0.2) is 11.5 Å². The van der Waals surface area contributed by atoms with Crippen LogP contribution in [0.1, 0.15) is 15.9 Å². The van der Waals surface area contributed by atoms with Gasteiger partial charge in [0.05, 0.1) is 13.5 Å². The molecule has 0 saturated carbocycles. The average Bonchev–Trinajstić information content (AvgIpc) is 2.63. The Kier molecular flexibility index (Phi) is 6.48. The molecule has 0 bridgehead atoms. The van der Waals surface area contributed by atoms with Gasteiger partial charge >= 0.3 is 6.61 Å². The van der Waals surface area contributed by atoms with E-state index in [4.69, 9.17) is 4.74 Å². The van der Waals surface area contributed by atoms with Gasteiger partial charge in [0.2, 0.25) is 5.91 Å². The van der Waals surface area contributed by atoms with Crippen LogP contribution >= 0.6 is 0 Å². The molecule has 138 valence electrons. The average molecular weight is 364 g/mol. The van der Waals surface area contributed by atoms with Gasteiger partial charge in [-0.25, -0.2) is 0 Å². The van der Waals surface area contributed by atoms with Crippen molar-refractivity contribution in [3.05, 3.63) is 53.6 Å². The first-order chi connectivity index (χ1) is 12.4. The molecule has 2 aromatic rings. The maximum absolute atomic E-state index is 12.3. The van der Waals surface area contributed by atoms with Crippen molar-refractivity contribution in [2.75, 3.05) is 19.5 Å². The van der Waals surface area contributed by atoms with Gasteiger partial charge in [-0.3, -0.25) is 9.59 Å². The molecule has 0 aliphatic heterocycles. The number of rotatable bonds is 7. The molecule has 0 radical (unpaired) electrons. The monoisotopic (exact) mass is 364 g/mol. The Labute approximate surface area is 149 Å². The minimum Gasteiger partial charge on any atom is -0.493 e. The molecule has 0 aliphatic carbocycles. The lowest BCUT2D eigenvalue weighted by Gasteiger charge is -2.12. The summed E-state index contributed by atoms with van der Waals surface area (Å²) in [6.07, 6.45) is 0.244. The molecule has 2 aromatic carbocycles. The third-order valence-electron chi connectivity index (χ3n) is 3.50. The zero-order chi connectivity index (χ0) is 19.1. The standard InChI is InChI=1S/C18H18F2N2O4/c1-21-16(23)9-11-3-6-13(7-4-11)22-17(24)12-5-8-14(26-18(19)20)15(10-12)25-2/h3-8,10,18H,9H2,1-2H3,(H,21,23)(H,22,24). The highest BCUT2D eigenvalue weighted by atomic mass is 19.3. The summed E-state index contributed by atoms with van der Waals surface area (Å²) >= 11 is 0. The highest BCUT2D eigenvalue weighted by Gasteiger charge is 2.14. The normalized spacial score (nSPS) is 10.3. The number of likely N-dealkylation sites (N-methyl/N-ethyl adjacent to an activating group) is 1. The first-order valence-corrected chi connectivity index (χ1v) is 7.66. The summed E-state index contributed by atoms with van der Waals surface area (Å²) in [5.41, 5.74) is 1.55. The Hall–Kier alpha value is -3.16. The maximum Gasteiger partial charge on any atom is 0.387 e. The van der Waals surface area contributed by atoms with Gasteiger partial charge in [0.1, 0.15) is 0 Å². The number of amides is 2. The summed E-state index contributed by atoms with van der Waals surface area (Å²) in [6.45, 7) is -2.99. The van der Waals surface area contributed by atoms with Gasteiger partial charge in [-0.2, -0.15) is 8.78 Å². The van der Waals surface area contributed by atoms with Crippen LogP contribution in [0.3, 0.4) is 0 Å². The van der Waals surface area contributed by atoms with Crippen LogP contribution in [-0.4, -0.2) is 32.6 Å². The van der Waals surface area contributed by atoms with Crippen molar-refractivity contribution in [3.8, 4) is 11.5 Å². The van der Waals surface area contributed by atoms with E-state index in [0.717, 1.165) is 5.56 Å². The zero-order valence-corrected chi connectivity index (χ0v) is 14.2. The molecule has 8 heteroatoms. The maximum atomic E-state index is 12.3. The van der Waals surface area contributed by atoms with Crippen LogP contribution in [0.5, 0.6) is 11.5 Å². The molecular weight excluding hydrogens is 346 g/mol. The fourth-order valence-corrected chi connectivity index (χ4v) is 2.19. The predicted molar refractivity (Wildman–Crippen MR) is 91.8 cm³/mol. The van der Waals surface area contributed by atoms with Crippen molar-refractivity contribution in [3.63, 3.8) is 0 Å². The van der Waals surface area contributed by atoms with E-state index in [1.54, 1.807) is 31.3 Å². The van der Waals surface area contributed by atoms with E-state index in [-0.39, 0.29) is 29.4 Å². The van der Waals surface area contributed by atoms with Crippen LogP contribution < -0.4 is 20.1 Å². The number of hydrogen-bond acceptors (Lipinski definition) is 4. The van der Waals surface area contributed by atoms with Crippen molar-refractivity contribution < 1.29 is 27.8 Å². The molecule has 2 N–H and O–H groups in total. The second-order valence-electron chi connectivity index (χ2n) is 5.25. The second kappa shape index (κ2) is 8.80. The van der Waals surface area contributed by atoms with Crippen LogP contribution in [0.2, 0.25) is 0 Å². The zero-order valence-electron chi connectivity index (χ0n) is 14.2. The Morgan fingerprint density at radius 1 is 1.08 bits per heavy atom. The number of hydrogen-bond donors (Lipinski definition) is 2. The van der Waals surface area contributed by atoms with E-state index in [9.17, 15) is 18.4 Å². The minimum atomic E-state index is -2.99. The third kappa shape index (κ3) is 5.17. The van der Waals surface area contributed by atoms with Gasteiger partial charge in [-0.05, 0) is 35.9 Å². The minimum absolute atomic E-state index is 0.0267. The predicted octanol–water partition coefficient (Wildman–Crippen LogP) is 2.84. The van der Waals surface area contributed by atoms with Crippen LogP contribution in [-0.2, 0) is 11.2 Å². The lowest BCUT2D eigenvalue weighted by atomic mass is 10.1. The number of nitrogens with one attached hydrogen (secondary N) is 2. The molecule has 0 aliphatic rings. The molecule has 0 unspecified atom stereocenters. The van der Waals surface area contributed by atoms with E-state index >= 15 is 0 Å². The SMILES string of the molecule is CNC(=O)Cc1ccc(NC(=O)c2ccc(OC(F)F)c(OC)c2)cc1. The molecule has 0 atom stereocenters. The first-order valence-electron chi connectivity index (χ1n) is 7.66.